The maximum Gasteiger partial charge on any atom is -0.00190 e. The Kier molecular flexibility index (Phi) is 24.1. The lowest BCUT2D eigenvalue weighted by Gasteiger charge is -2.17. The Hall–Kier alpha value is -0.860. The van der Waals surface area contributed by atoms with Crippen LogP contribution in [0, 0.1) is 0 Å². The number of hydrogen-bond acceptors (Lipinski definition) is 1. The molecule has 0 aliphatic carbocycles. The number of hydrogen-bond donors (Lipinski definition) is 0. The van der Waals surface area contributed by atoms with Crippen LogP contribution in [0.3, 0.4) is 0 Å². The first kappa shape index (κ1) is 31.1. The van der Waals surface area contributed by atoms with E-state index in [2.05, 4.69) is 49.1 Å². The topological polar surface area (TPSA) is 34.7 Å². The van der Waals surface area contributed by atoms with Gasteiger partial charge in [-0.05, 0) is 44.5 Å². The standard InChI is InChI=1S/C30H55N.H2O/c1-3-31(4-2)29-25-20-18-16-14-12-10-8-6-5-7-9-11-13-15-17-19-22-26-30-27-23-21-24-28-30;/h21,23-24,27-28H,3-20,22,25-26,29H2,1-2H3;1H2. The van der Waals surface area contributed by atoms with Gasteiger partial charge in [0.05, 0.1) is 0 Å². The van der Waals surface area contributed by atoms with Gasteiger partial charge in [-0.1, -0.05) is 147 Å². The van der Waals surface area contributed by atoms with Gasteiger partial charge < -0.3 is 10.4 Å². The van der Waals surface area contributed by atoms with Gasteiger partial charge in [-0.3, -0.25) is 0 Å². The van der Waals surface area contributed by atoms with Crippen LogP contribution in [-0.4, -0.2) is 30.0 Å². The second-order valence-electron chi connectivity index (χ2n) is 9.63. The summed E-state index contributed by atoms with van der Waals surface area (Å²) in [6.45, 7) is 8.29. The van der Waals surface area contributed by atoms with Gasteiger partial charge in [0.2, 0.25) is 0 Å². The van der Waals surface area contributed by atoms with Crippen molar-refractivity contribution in [1.82, 2.24) is 4.90 Å². The first-order chi connectivity index (χ1) is 15.4. The maximum atomic E-state index is 2.55. The Labute approximate surface area is 201 Å². The molecule has 1 rings (SSSR count). The fourth-order valence-corrected chi connectivity index (χ4v) is 4.68. The molecule has 2 heteroatoms. The Balaban J connectivity index is 0.00000961. The van der Waals surface area contributed by atoms with E-state index >= 15 is 0 Å². The Morgan fingerprint density at radius 3 is 1.19 bits per heavy atom. The molecule has 32 heavy (non-hydrogen) atoms. The van der Waals surface area contributed by atoms with Crippen LogP contribution in [0.5, 0.6) is 0 Å². The second kappa shape index (κ2) is 24.8. The van der Waals surface area contributed by atoms with Crippen molar-refractivity contribution < 1.29 is 5.48 Å². The van der Waals surface area contributed by atoms with Crippen molar-refractivity contribution >= 4 is 0 Å². The van der Waals surface area contributed by atoms with Gasteiger partial charge in [0.15, 0.2) is 0 Å². The Bertz CT molecular complexity index is 457. The molecule has 0 saturated heterocycles. The van der Waals surface area contributed by atoms with Gasteiger partial charge in [-0.25, -0.2) is 0 Å². The molecule has 0 aliphatic heterocycles. The van der Waals surface area contributed by atoms with E-state index in [-0.39, 0.29) is 5.48 Å². The number of benzene rings is 1. The van der Waals surface area contributed by atoms with E-state index < -0.39 is 0 Å². The summed E-state index contributed by atoms with van der Waals surface area (Å²) in [4.78, 5) is 2.55. The molecule has 0 atom stereocenters. The molecular formula is C30H57NO. The monoisotopic (exact) mass is 447 g/mol. The third-order valence-electron chi connectivity index (χ3n) is 6.93. The first-order valence-corrected chi connectivity index (χ1v) is 14.1. The Morgan fingerprint density at radius 2 is 0.812 bits per heavy atom. The van der Waals surface area contributed by atoms with Crippen LogP contribution in [0.25, 0.3) is 0 Å². The van der Waals surface area contributed by atoms with E-state index in [1.807, 2.05) is 0 Å². The molecule has 188 valence electrons. The molecule has 0 saturated carbocycles. The highest BCUT2D eigenvalue weighted by molar-refractivity contribution is 5.14. The van der Waals surface area contributed by atoms with Gasteiger partial charge in [0, 0.05) is 0 Å². The van der Waals surface area contributed by atoms with Crippen LogP contribution in [0.2, 0.25) is 0 Å². The van der Waals surface area contributed by atoms with Crippen molar-refractivity contribution in [2.75, 3.05) is 19.6 Å². The summed E-state index contributed by atoms with van der Waals surface area (Å²) in [6.07, 6.45) is 27.4. The largest absolute Gasteiger partial charge is 0.412 e. The summed E-state index contributed by atoms with van der Waals surface area (Å²) in [5, 5.41) is 0. The summed E-state index contributed by atoms with van der Waals surface area (Å²) in [5.74, 6) is 0. The van der Waals surface area contributed by atoms with E-state index in [0.29, 0.717) is 0 Å². The predicted molar refractivity (Wildman–Crippen MR) is 145 cm³/mol. The highest BCUT2D eigenvalue weighted by Crippen LogP contribution is 2.15. The predicted octanol–water partition coefficient (Wildman–Crippen LogP) is 8.77. The first-order valence-electron chi connectivity index (χ1n) is 14.1. The minimum Gasteiger partial charge on any atom is -0.412 e. The normalized spacial score (nSPS) is 11.1. The molecule has 0 unspecified atom stereocenters. The lowest BCUT2D eigenvalue weighted by atomic mass is 10.0. The molecule has 0 aliphatic rings. The Morgan fingerprint density at radius 1 is 0.469 bits per heavy atom. The number of rotatable bonds is 23. The lowest BCUT2D eigenvalue weighted by molar-refractivity contribution is 0.295. The summed E-state index contributed by atoms with van der Waals surface area (Å²) >= 11 is 0. The van der Waals surface area contributed by atoms with Crippen LogP contribution in [0.1, 0.15) is 135 Å². The van der Waals surface area contributed by atoms with Gasteiger partial charge in [0.1, 0.15) is 0 Å². The molecule has 0 spiro atoms. The quantitative estimate of drug-likeness (QED) is 0.154. The zero-order valence-electron chi connectivity index (χ0n) is 21.9. The van der Waals surface area contributed by atoms with Crippen LogP contribution in [0.4, 0.5) is 0 Å². The lowest BCUT2D eigenvalue weighted by Crippen LogP contribution is -2.23. The summed E-state index contributed by atoms with van der Waals surface area (Å²) in [7, 11) is 0. The molecule has 1 aromatic carbocycles. The van der Waals surface area contributed by atoms with Crippen LogP contribution < -0.4 is 0 Å². The van der Waals surface area contributed by atoms with Crippen molar-refractivity contribution in [3.8, 4) is 0 Å². The van der Waals surface area contributed by atoms with E-state index in [1.54, 1.807) is 0 Å². The molecule has 0 fully saturated rings. The van der Waals surface area contributed by atoms with Crippen molar-refractivity contribution in [1.29, 1.82) is 0 Å². The van der Waals surface area contributed by atoms with Gasteiger partial charge in [-0.2, -0.15) is 0 Å². The maximum absolute atomic E-state index is 2.55. The molecule has 0 amide bonds. The van der Waals surface area contributed by atoms with Crippen molar-refractivity contribution in [2.45, 2.75) is 136 Å². The summed E-state index contributed by atoms with van der Waals surface area (Å²) < 4.78 is 0. The van der Waals surface area contributed by atoms with Crippen molar-refractivity contribution in [3.63, 3.8) is 0 Å². The number of aryl methyl sites for hydroxylation is 1. The highest BCUT2D eigenvalue weighted by Gasteiger charge is 1.99. The average molecular weight is 448 g/mol. The summed E-state index contributed by atoms with van der Waals surface area (Å²) in [5.41, 5.74) is 1.50. The van der Waals surface area contributed by atoms with E-state index in [4.69, 9.17) is 0 Å². The highest BCUT2D eigenvalue weighted by atomic mass is 16.0. The number of unbranched alkanes of at least 4 members (excludes halogenated alkanes) is 17. The molecular weight excluding hydrogens is 390 g/mol. The average Bonchev–Trinajstić information content (AvgIpc) is 2.81. The number of nitrogens with zero attached hydrogens (tertiary/aromatic N) is 1. The van der Waals surface area contributed by atoms with Crippen LogP contribution >= 0.6 is 0 Å². The zero-order valence-corrected chi connectivity index (χ0v) is 21.9. The van der Waals surface area contributed by atoms with Gasteiger partial charge in [-0.15, -0.1) is 0 Å². The van der Waals surface area contributed by atoms with Crippen LogP contribution in [0.15, 0.2) is 30.3 Å². The van der Waals surface area contributed by atoms with Crippen LogP contribution in [-0.2, 0) is 6.42 Å². The minimum atomic E-state index is 0. The summed E-state index contributed by atoms with van der Waals surface area (Å²) in [6, 6.07) is 11.0. The molecule has 0 bridgehead atoms. The molecule has 2 N–H and O–H groups in total. The molecule has 0 heterocycles. The fraction of sp³-hybridized carbons (Fsp3) is 0.800. The van der Waals surface area contributed by atoms with Crippen molar-refractivity contribution in [2.24, 2.45) is 0 Å². The smallest absolute Gasteiger partial charge is 0.00190 e. The molecule has 1 aromatic rings. The third kappa shape index (κ3) is 19.8. The minimum absolute atomic E-state index is 0. The third-order valence-corrected chi connectivity index (χ3v) is 6.93. The van der Waals surface area contributed by atoms with Gasteiger partial charge >= 0.3 is 0 Å². The molecule has 0 aromatic heterocycles. The zero-order chi connectivity index (χ0) is 22.2. The fourth-order valence-electron chi connectivity index (χ4n) is 4.68. The van der Waals surface area contributed by atoms with Gasteiger partial charge in [0.25, 0.3) is 0 Å². The SMILES string of the molecule is CCN(CC)CCCCCCCCCCCCCCCCCCCCc1ccccc1.O. The molecule has 0 radical (unpaired) electrons. The molecule has 2 nitrogen and oxygen atoms in total. The van der Waals surface area contributed by atoms with Crippen molar-refractivity contribution in [3.05, 3.63) is 35.9 Å². The van der Waals surface area contributed by atoms with E-state index in [9.17, 15) is 0 Å². The van der Waals surface area contributed by atoms with E-state index in [1.165, 1.54) is 147 Å². The van der Waals surface area contributed by atoms with E-state index in [0.717, 1.165) is 0 Å². The second-order valence-corrected chi connectivity index (χ2v) is 9.63.